The van der Waals surface area contributed by atoms with Crippen LogP contribution in [0.25, 0.3) is 0 Å². The maximum absolute atomic E-state index is 12.9. The van der Waals surface area contributed by atoms with Gasteiger partial charge in [0.2, 0.25) is 0 Å². The quantitative estimate of drug-likeness (QED) is 0.808. The molecular formula is C12H15FN2O2. The molecule has 1 fully saturated rings. The third-order valence-corrected chi connectivity index (χ3v) is 2.59. The number of rotatable bonds is 3. The van der Waals surface area contributed by atoms with Crippen LogP contribution in [0.1, 0.15) is 10.4 Å². The van der Waals surface area contributed by atoms with Gasteiger partial charge >= 0.3 is 0 Å². The minimum absolute atomic E-state index is 0.126. The van der Waals surface area contributed by atoms with Gasteiger partial charge in [-0.1, -0.05) is 6.07 Å². The lowest BCUT2D eigenvalue weighted by Gasteiger charge is -2.23. The molecule has 1 amide bonds. The Hall–Kier alpha value is -1.46. The van der Waals surface area contributed by atoms with E-state index < -0.39 is 5.82 Å². The standard InChI is InChI=1S/C12H15FN2O2/c13-10-3-1-2-9(6-10)12(16)15-7-11-8-17-5-4-14-11/h1-3,6,11,14H,4-5,7-8H2,(H,15,16). The number of nitrogens with one attached hydrogen (secondary N) is 2. The fourth-order valence-electron chi connectivity index (χ4n) is 1.70. The van der Waals surface area contributed by atoms with E-state index in [4.69, 9.17) is 4.74 Å². The van der Waals surface area contributed by atoms with Crippen LogP contribution in [0, 0.1) is 5.82 Å². The van der Waals surface area contributed by atoms with E-state index in [0.29, 0.717) is 25.3 Å². The van der Waals surface area contributed by atoms with Crippen molar-refractivity contribution in [3.63, 3.8) is 0 Å². The summed E-state index contributed by atoms with van der Waals surface area (Å²) in [5, 5.41) is 5.97. The van der Waals surface area contributed by atoms with Gasteiger partial charge in [0, 0.05) is 24.7 Å². The van der Waals surface area contributed by atoms with Gasteiger partial charge in [-0.25, -0.2) is 4.39 Å². The Balaban J connectivity index is 1.84. The van der Waals surface area contributed by atoms with E-state index in [1.165, 1.54) is 18.2 Å². The Morgan fingerprint density at radius 2 is 2.47 bits per heavy atom. The van der Waals surface area contributed by atoms with Gasteiger partial charge in [0.1, 0.15) is 5.82 Å². The normalized spacial score (nSPS) is 19.9. The zero-order chi connectivity index (χ0) is 12.1. The summed E-state index contributed by atoms with van der Waals surface area (Å²) in [6.07, 6.45) is 0. The summed E-state index contributed by atoms with van der Waals surface area (Å²) in [6, 6.07) is 5.77. The minimum Gasteiger partial charge on any atom is -0.378 e. The SMILES string of the molecule is O=C(NCC1COCCN1)c1cccc(F)c1. The number of hydrogen-bond donors (Lipinski definition) is 2. The second-order valence-corrected chi connectivity index (χ2v) is 3.95. The molecule has 1 atom stereocenters. The molecule has 2 rings (SSSR count). The molecule has 2 N–H and O–H groups in total. The molecule has 4 nitrogen and oxygen atoms in total. The first kappa shape index (κ1) is 12.0. The number of carbonyl (C=O) groups excluding carboxylic acids is 1. The van der Waals surface area contributed by atoms with Crippen molar-refractivity contribution in [1.29, 1.82) is 0 Å². The molecule has 0 bridgehead atoms. The molecule has 1 aliphatic rings. The Bertz CT molecular complexity index is 392. The molecule has 1 aromatic rings. The maximum atomic E-state index is 12.9. The molecule has 1 heterocycles. The summed E-state index contributed by atoms with van der Waals surface area (Å²) in [7, 11) is 0. The fourth-order valence-corrected chi connectivity index (χ4v) is 1.70. The second kappa shape index (κ2) is 5.75. The Morgan fingerprint density at radius 3 is 3.18 bits per heavy atom. The van der Waals surface area contributed by atoms with Gasteiger partial charge < -0.3 is 15.4 Å². The summed E-state index contributed by atoms with van der Waals surface area (Å²) in [6.45, 7) is 2.56. The number of hydrogen-bond acceptors (Lipinski definition) is 3. The molecule has 0 saturated carbocycles. The number of amides is 1. The smallest absolute Gasteiger partial charge is 0.251 e. The van der Waals surface area contributed by atoms with E-state index in [-0.39, 0.29) is 11.9 Å². The summed E-state index contributed by atoms with van der Waals surface area (Å²) >= 11 is 0. The molecule has 1 aliphatic heterocycles. The summed E-state index contributed by atoms with van der Waals surface area (Å²) in [4.78, 5) is 11.7. The van der Waals surface area contributed by atoms with Crippen molar-refractivity contribution in [1.82, 2.24) is 10.6 Å². The predicted molar refractivity (Wildman–Crippen MR) is 61.3 cm³/mol. The van der Waals surface area contributed by atoms with E-state index in [0.717, 1.165) is 6.54 Å². The molecule has 0 aliphatic carbocycles. The van der Waals surface area contributed by atoms with Gasteiger partial charge in [-0.15, -0.1) is 0 Å². The Kier molecular flexibility index (Phi) is 4.06. The molecule has 0 spiro atoms. The van der Waals surface area contributed by atoms with Crippen molar-refractivity contribution in [3.8, 4) is 0 Å². The molecule has 5 heteroatoms. The monoisotopic (exact) mass is 238 g/mol. The van der Waals surface area contributed by atoms with Gasteiger partial charge in [0.25, 0.3) is 5.91 Å². The Morgan fingerprint density at radius 1 is 1.59 bits per heavy atom. The van der Waals surface area contributed by atoms with Crippen LogP contribution < -0.4 is 10.6 Å². The lowest BCUT2D eigenvalue weighted by atomic mass is 10.2. The highest BCUT2D eigenvalue weighted by molar-refractivity contribution is 5.94. The van der Waals surface area contributed by atoms with Crippen molar-refractivity contribution >= 4 is 5.91 Å². The number of benzene rings is 1. The highest BCUT2D eigenvalue weighted by Crippen LogP contribution is 2.03. The van der Waals surface area contributed by atoms with Crippen molar-refractivity contribution < 1.29 is 13.9 Å². The maximum Gasteiger partial charge on any atom is 0.251 e. The Labute approximate surface area is 99.2 Å². The van der Waals surface area contributed by atoms with E-state index in [1.807, 2.05) is 0 Å². The average molecular weight is 238 g/mol. The zero-order valence-corrected chi connectivity index (χ0v) is 9.41. The molecule has 1 saturated heterocycles. The summed E-state index contributed by atoms with van der Waals surface area (Å²) in [5.74, 6) is -0.673. The average Bonchev–Trinajstić information content (AvgIpc) is 2.37. The van der Waals surface area contributed by atoms with Crippen LogP contribution in [0.4, 0.5) is 4.39 Å². The van der Waals surface area contributed by atoms with E-state index in [2.05, 4.69) is 10.6 Å². The van der Waals surface area contributed by atoms with Crippen LogP contribution in [0.3, 0.4) is 0 Å². The first-order valence-corrected chi connectivity index (χ1v) is 5.60. The molecule has 17 heavy (non-hydrogen) atoms. The predicted octanol–water partition coefficient (Wildman–Crippen LogP) is 0.544. The highest BCUT2D eigenvalue weighted by Gasteiger charge is 2.14. The number of ether oxygens (including phenoxy) is 1. The van der Waals surface area contributed by atoms with Crippen molar-refractivity contribution in [2.24, 2.45) is 0 Å². The topological polar surface area (TPSA) is 50.4 Å². The largest absolute Gasteiger partial charge is 0.378 e. The first-order valence-electron chi connectivity index (χ1n) is 5.60. The molecule has 1 aromatic carbocycles. The summed E-state index contributed by atoms with van der Waals surface area (Å²) < 4.78 is 18.2. The first-order chi connectivity index (χ1) is 8.25. The third-order valence-electron chi connectivity index (χ3n) is 2.59. The van der Waals surface area contributed by atoms with Crippen LogP contribution >= 0.6 is 0 Å². The van der Waals surface area contributed by atoms with Gasteiger partial charge in [-0.3, -0.25) is 4.79 Å². The highest BCUT2D eigenvalue weighted by atomic mass is 19.1. The van der Waals surface area contributed by atoms with Crippen LogP contribution in [-0.4, -0.2) is 38.3 Å². The van der Waals surface area contributed by atoms with Gasteiger partial charge in [0.05, 0.1) is 13.2 Å². The molecule has 0 radical (unpaired) electrons. The fraction of sp³-hybridized carbons (Fsp3) is 0.417. The zero-order valence-electron chi connectivity index (χ0n) is 9.41. The van der Waals surface area contributed by atoms with Gasteiger partial charge in [-0.2, -0.15) is 0 Å². The molecule has 92 valence electrons. The van der Waals surface area contributed by atoms with Crippen LogP contribution in [-0.2, 0) is 4.74 Å². The van der Waals surface area contributed by atoms with Crippen LogP contribution in [0.15, 0.2) is 24.3 Å². The molecule has 1 unspecified atom stereocenters. The van der Waals surface area contributed by atoms with Crippen LogP contribution in [0.5, 0.6) is 0 Å². The summed E-state index contributed by atoms with van der Waals surface area (Å²) in [5.41, 5.74) is 0.335. The minimum atomic E-state index is -0.406. The lowest BCUT2D eigenvalue weighted by Crippen LogP contribution is -2.48. The van der Waals surface area contributed by atoms with E-state index in [1.54, 1.807) is 6.07 Å². The van der Waals surface area contributed by atoms with Gasteiger partial charge in [-0.05, 0) is 18.2 Å². The van der Waals surface area contributed by atoms with Crippen LogP contribution in [0.2, 0.25) is 0 Å². The second-order valence-electron chi connectivity index (χ2n) is 3.95. The molecule has 0 aromatic heterocycles. The molecular weight excluding hydrogens is 223 g/mol. The van der Waals surface area contributed by atoms with E-state index in [9.17, 15) is 9.18 Å². The van der Waals surface area contributed by atoms with E-state index >= 15 is 0 Å². The number of carbonyl (C=O) groups is 1. The lowest BCUT2D eigenvalue weighted by molar-refractivity contribution is 0.0734. The number of halogens is 1. The van der Waals surface area contributed by atoms with Crippen molar-refractivity contribution in [2.45, 2.75) is 6.04 Å². The van der Waals surface area contributed by atoms with Crippen molar-refractivity contribution in [2.75, 3.05) is 26.3 Å². The van der Waals surface area contributed by atoms with Gasteiger partial charge in [0.15, 0.2) is 0 Å². The third kappa shape index (κ3) is 3.51. The number of morpholine rings is 1. The van der Waals surface area contributed by atoms with Crippen molar-refractivity contribution in [3.05, 3.63) is 35.6 Å².